The minimum atomic E-state index is -0.132. The van der Waals surface area contributed by atoms with E-state index >= 15 is 0 Å². The van der Waals surface area contributed by atoms with E-state index in [0.717, 1.165) is 23.6 Å². The lowest BCUT2D eigenvalue weighted by Crippen LogP contribution is -2.60. The summed E-state index contributed by atoms with van der Waals surface area (Å²) in [6.07, 6.45) is 4.77. The maximum absolute atomic E-state index is 7.43. The summed E-state index contributed by atoms with van der Waals surface area (Å²) in [7, 11) is 0. The van der Waals surface area contributed by atoms with Crippen LogP contribution in [-0.4, -0.2) is 12.3 Å². The summed E-state index contributed by atoms with van der Waals surface area (Å²) in [5, 5.41) is 2.51. The highest BCUT2D eigenvalue weighted by Gasteiger charge is 2.58. The first-order chi connectivity index (χ1) is 33.0. The Hall–Kier alpha value is -5.72. The zero-order valence-corrected chi connectivity index (χ0v) is 44.9. The van der Waals surface area contributed by atoms with Crippen LogP contribution in [0.1, 0.15) is 150 Å². The number of hydrogen-bond donors (Lipinski definition) is 0. The number of hydrogen-bond acceptors (Lipinski definition) is 5. The lowest BCUT2D eigenvalue weighted by Gasteiger charge is -2.51. The van der Waals surface area contributed by atoms with E-state index in [-0.39, 0.29) is 39.3 Å². The molecular formula is C64H70BN3OS. The van der Waals surface area contributed by atoms with Gasteiger partial charge in [-0.05, 0) is 141 Å². The van der Waals surface area contributed by atoms with E-state index in [0.29, 0.717) is 0 Å². The molecule has 0 radical (unpaired) electrons. The molecule has 356 valence electrons. The number of nitrogens with zero attached hydrogens (tertiary/aromatic N) is 3. The molecule has 4 aliphatic rings. The molecule has 2 unspecified atom stereocenters. The average Bonchev–Trinajstić information content (AvgIpc) is 3.93. The van der Waals surface area contributed by atoms with Gasteiger partial charge < -0.3 is 14.2 Å². The third-order valence-electron chi connectivity index (χ3n) is 17.2. The summed E-state index contributed by atoms with van der Waals surface area (Å²) < 4.78 is 10.1. The zero-order valence-electron chi connectivity index (χ0n) is 44.1. The van der Waals surface area contributed by atoms with Crippen LogP contribution in [0.5, 0.6) is 0 Å². The first-order valence-electron chi connectivity index (χ1n) is 26.0. The lowest BCUT2D eigenvalue weighted by molar-refractivity contribution is 0.195. The third kappa shape index (κ3) is 6.53. The molecule has 6 aromatic carbocycles. The smallest absolute Gasteiger partial charge is 0.269 e. The predicted molar refractivity (Wildman–Crippen MR) is 303 cm³/mol. The van der Waals surface area contributed by atoms with Gasteiger partial charge in [-0.15, -0.1) is 11.3 Å². The van der Waals surface area contributed by atoms with Crippen molar-refractivity contribution in [3.05, 3.63) is 149 Å². The molecule has 0 N–H and O–H groups in total. The molecule has 0 amide bonds. The van der Waals surface area contributed by atoms with Gasteiger partial charge >= 0.3 is 0 Å². The fourth-order valence-electron chi connectivity index (χ4n) is 12.9. The average molecular weight is 940 g/mol. The summed E-state index contributed by atoms with van der Waals surface area (Å²) >= 11 is 1.97. The van der Waals surface area contributed by atoms with Crippen LogP contribution in [0.25, 0.3) is 21.1 Å². The largest absolute Gasteiger partial charge is 0.440 e. The van der Waals surface area contributed by atoms with Crippen LogP contribution >= 0.6 is 11.3 Å². The van der Waals surface area contributed by atoms with Crippen LogP contribution in [0.3, 0.4) is 0 Å². The van der Waals surface area contributed by atoms with E-state index in [1.165, 1.54) is 112 Å². The van der Waals surface area contributed by atoms with E-state index in [2.05, 4.69) is 233 Å². The van der Waals surface area contributed by atoms with Crippen LogP contribution in [0.2, 0.25) is 0 Å². The first-order valence-corrected chi connectivity index (χ1v) is 26.8. The van der Waals surface area contributed by atoms with Gasteiger partial charge in [-0.2, -0.15) is 0 Å². The van der Waals surface area contributed by atoms with Gasteiger partial charge in [0.2, 0.25) is 5.88 Å². The number of anilines is 8. The highest BCUT2D eigenvalue weighted by atomic mass is 32.1. The number of thiophene rings is 1. The van der Waals surface area contributed by atoms with Crippen LogP contribution < -0.4 is 30.4 Å². The van der Waals surface area contributed by atoms with Crippen LogP contribution in [-0.2, 0) is 27.1 Å². The van der Waals surface area contributed by atoms with Crippen LogP contribution in [0.4, 0.5) is 45.7 Å². The highest BCUT2D eigenvalue weighted by molar-refractivity contribution is 7.34. The maximum Gasteiger partial charge on any atom is 0.269 e. The number of fused-ring (bicyclic) bond motifs is 11. The van der Waals surface area contributed by atoms with E-state index in [1.807, 2.05) is 11.3 Å². The highest BCUT2D eigenvalue weighted by Crippen LogP contribution is 2.62. The molecule has 3 aliphatic heterocycles. The van der Waals surface area contributed by atoms with Gasteiger partial charge in [0.25, 0.3) is 6.71 Å². The summed E-state index contributed by atoms with van der Waals surface area (Å²) in [6, 6.07) is 47.6. The van der Waals surface area contributed by atoms with E-state index in [9.17, 15) is 0 Å². The van der Waals surface area contributed by atoms with Gasteiger partial charge in [0.05, 0.1) is 11.2 Å². The Balaban J connectivity index is 1.24. The molecular weight excluding hydrogens is 870 g/mol. The Bertz CT molecular complexity index is 3420. The molecule has 1 fully saturated rings. The predicted octanol–water partition coefficient (Wildman–Crippen LogP) is 16.7. The second kappa shape index (κ2) is 14.9. The monoisotopic (exact) mass is 940 g/mol. The van der Waals surface area contributed by atoms with Crippen molar-refractivity contribution >= 4 is 101 Å². The molecule has 1 saturated carbocycles. The Morgan fingerprint density at radius 3 is 1.66 bits per heavy atom. The molecule has 6 heteroatoms. The fourth-order valence-corrected chi connectivity index (χ4v) is 14.2. The standard InChI is InChI=1S/C64H70BN3OS/c1-59(2,3)39-21-27-43(28-22-39)66-50-37-45(68-49-20-16-15-19-48(49)63(13)33-17-18-34-64(63,68)14)38-51-55(50)65(57-56(66)47-36-42(62(10,11)12)26-32-53(47)70-57)54-46-35-41(61(7,8)9)25-31-52(46)69-58(54)67(51)44-29-23-40(24-30-44)60(4,5)6/h15-16,19-32,35-38H,17-18,33-34H2,1-14H3. The first kappa shape index (κ1) is 45.4. The topological polar surface area (TPSA) is 22.9 Å². The second-order valence-corrected chi connectivity index (χ2v) is 26.9. The minimum absolute atomic E-state index is 0.000779. The SMILES string of the molecule is CC(C)(C)c1ccc(N2c3cc(N4c5ccccc5C5(C)CCCCC45C)cc4c3B(c3sc5ccc(C(C)(C)C)cc5c3N4c3ccc(C(C)(C)C)cc3)c3c2oc2ccc(C(C)(C)C)cc32)cc1. The summed E-state index contributed by atoms with van der Waals surface area (Å²) in [5.74, 6) is 0.919. The van der Waals surface area contributed by atoms with Gasteiger partial charge in [0.15, 0.2) is 0 Å². The molecule has 1 aliphatic carbocycles. The lowest BCUT2D eigenvalue weighted by atomic mass is 9.36. The van der Waals surface area contributed by atoms with Gasteiger partial charge in [-0.25, -0.2) is 0 Å². The van der Waals surface area contributed by atoms with Gasteiger partial charge in [-0.1, -0.05) is 157 Å². The summed E-state index contributed by atoms with van der Waals surface area (Å²) in [6.45, 7) is 32.9. The number of furan rings is 1. The van der Waals surface area contributed by atoms with Gasteiger partial charge in [0.1, 0.15) is 5.58 Å². The Labute approximate surface area is 421 Å². The zero-order chi connectivity index (χ0) is 49.2. The molecule has 70 heavy (non-hydrogen) atoms. The summed E-state index contributed by atoms with van der Waals surface area (Å²) in [4.78, 5) is 7.95. The van der Waals surface area contributed by atoms with Crippen molar-refractivity contribution in [2.45, 2.75) is 155 Å². The molecule has 2 atom stereocenters. The van der Waals surface area contributed by atoms with Crippen molar-refractivity contribution in [3.63, 3.8) is 0 Å². The normalized spacial score (nSPS) is 19.9. The van der Waals surface area contributed by atoms with Gasteiger partial charge in [-0.3, -0.25) is 4.90 Å². The van der Waals surface area contributed by atoms with Crippen molar-refractivity contribution in [2.24, 2.45) is 0 Å². The quantitative estimate of drug-likeness (QED) is 0.165. The Morgan fingerprint density at radius 1 is 0.514 bits per heavy atom. The van der Waals surface area contributed by atoms with E-state index < -0.39 is 0 Å². The minimum Gasteiger partial charge on any atom is -0.440 e. The van der Waals surface area contributed by atoms with Crippen molar-refractivity contribution < 1.29 is 4.42 Å². The molecule has 12 rings (SSSR count). The molecule has 2 aromatic heterocycles. The van der Waals surface area contributed by atoms with E-state index in [4.69, 9.17) is 4.42 Å². The molecule has 0 bridgehead atoms. The van der Waals surface area contributed by atoms with Crippen molar-refractivity contribution in [1.82, 2.24) is 0 Å². The van der Waals surface area contributed by atoms with Gasteiger partial charge in [0, 0.05) is 65.3 Å². The molecule has 0 saturated heterocycles. The molecule has 0 spiro atoms. The van der Waals surface area contributed by atoms with Crippen molar-refractivity contribution in [1.29, 1.82) is 0 Å². The number of para-hydroxylation sites is 1. The number of benzene rings is 6. The van der Waals surface area contributed by atoms with Crippen LogP contribution in [0, 0.1) is 0 Å². The molecule has 8 aromatic rings. The van der Waals surface area contributed by atoms with Crippen LogP contribution in [0.15, 0.2) is 126 Å². The molecule has 5 heterocycles. The maximum atomic E-state index is 7.43. The Kier molecular flexibility index (Phi) is 9.68. The second-order valence-electron chi connectivity index (χ2n) is 25.8. The fraction of sp³-hybridized carbons (Fsp3) is 0.375. The Morgan fingerprint density at radius 2 is 1.04 bits per heavy atom. The van der Waals surface area contributed by atoms with Crippen molar-refractivity contribution in [2.75, 3.05) is 14.7 Å². The number of rotatable bonds is 3. The van der Waals surface area contributed by atoms with Crippen molar-refractivity contribution in [3.8, 4) is 0 Å². The summed E-state index contributed by atoms with van der Waals surface area (Å²) in [5.41, 5.74) is 18.7. The third-order valence-corrected chi connectivity index (χ3v) is 18.5. The molecule has 4 nitrogen and oxygen atoms in total. The van der Waals surface area contributed by atoms with E-state index in [1.54, 1.807) is 0 Å².